The fourth-order valence-corrected chi connectivity index (χ4v) is 4.59. The molecule has 1 fully saturated rings. The standard InChI is InChI=1S/C21H18F3N5S/c22-21(23,24)19-10-17(18-2-1-9-30-18)26-20-11-16(27-29(19)20)15-5-8-28(13-15)12-14-3-6-25-7-4-14/h1-4,6-7,9-11,15H,5,8,12-13H2. The Hall–Kier alpha value is -2.78. The molecule has 0 N–H and O–H groups in total. The molecule has 30 heavy (non-hydrogen) atoms. The van der Waals surface area contributed by atoms with Crippen LogP contribution in [0.3, 0.4) is 0 Å². The smallest absolute Gasteiger partial charge is 0.298 e. The number of fused-ring (bicyclic) bond motifs is 1. The third-order valence-corrected chi connectivity index (χ3v) is 6.25. The van der Waals surface area contributed by atoms with E-state index in [4.69, 9.17) is 0 Å². The molecule has 4 aromatic heterocycles. The molecule has 0 radical (unpaired) electrons. The monoisotopic (exact) mass is 429 g/mol. The van der Waals surface area contributed by atoms with Crippen molar-refractivity contribution in [1.29, 1.82) is 0 Å². The molecule has 0 saturated carbocycles. The van der Waals surface area contributed by atoms with Crippen molar-refractivity contribution >= 4 is 17.0 Å². The van der Waals surface area contributed by atoms with Crippen molar-refractivity contribution in [2.45, 2.75) is 25.1 Å². The molecular formula is C21H18F3N5S. The topological polar surface area (TPSA) is 46.3 Å². The summed E-state index contributed by atoms with van der Waals surface area (Å²) in [6.45, 7) is 2.42. The zero-order valence-electron chi connectivity index (χ0n) is 15.9. The number of halogens is 3. The summed E-state index contributed by atoms with van der Waals surface area (Å²) >= 11 is 1.37. The van der Waals surface area contributed by atoms with Crippen molar-refractivity contribution in [3.05, 3.63) is 71.1 Å². The SMILES string of the molecule is FC(F)(F)c1cc(-c2cccs2)nc2cc(C3CCN(Cc4ccncc4)C3)nn12. The van der Waals surface area contributed by atoms with Crippen LogP contribution in [0.2, 0.25) is 0 Å². The van der Waals surface area contributed by atoms with Gasteiger partial charge >= 0.3 is 6.18 Å². The lowest BCUT2D eigenvalue weighted by atomic mass is 10.1. The van der Waals surface area contributed by atoms with E-state index in [2.05, 4.69) is 20.0 Å². The summed E-state index contributed by atoms with van der Waals surface area (Å²) < 4.78 is 42.1. The number of likely N-dealkylation sites (tertiary alicyclic amines) is 1. The fraction of sp³-hybridized carbons (Fsp3) is 0.286. The molecule has 0 amide bonds. The molecule has 9 heteroatoms. The molecule has 1 unspecified atom stereocenters. The van der Waals surface area contributed by atoms with Gasteiger partial charge in [0.25, 0.3) is 0 Å². The van der Waals surface area contributed by atoms with Gasteiger partial charge in [0.1, 0.15) is 0 Å². The van der Waals surface area contributed by atoms with Crippen molar-refractivity contribution in [2.75, 3.05) is 13.1 Å². The lowest BCUT2D eigenvalue weighted by Gasteiger charge is -2.15. The Kier molecular flexibility index (Phi) is 4.79. The number of thiophene rings is 1. The Labute approximate surface area is 174 Å². The maximum Gasteiger partial charge on any atom is 0.433 e. The molecule has 154 valence electrons. The predicted molar refractivity (Wildman–Crippen MR) is 108 cm³/mol. The van der Waals surface area contributed by atoms with Gasteiger partial charge in [0, 0.05) is 37.5 Å². The lowest BCUT2D eigenvalue weighted by molar-refractivity contribution is -0.142. The normalized spacial score (nSPS) is 17.8. The van der Waals surface area contributed by atoms with Gasteiger partial charge in [0.2, 0.25) is 0 Å². The van der Waals surface area contributed by atoms with Crippen LogP contribution >= 0.6 is 11.3 Å². The Morgan fingerprint density at radius 2 is 1.97 bits per heavy atom. The van der Waals surface area contributed by atoms with Crippen molar-refractivity contribution in [3.63, 3.8) is 0 Å². The van der Waals surface area contributed by atoms with Gasteiger partial charge in [-0.05, 0) is 48.2 Å². The number of aromatic nitrogens is 4. The second-order valence-electron chi connectivity index (χ2n) is 7.42. The second kappa shape index (κ2) is 7.48. The Morgan fingerprint density at radius 1 is 1.13 bits per heavy atom. The quantitative estimate of drug-likeness (QED) is 0.465. The first-order chi connectivity index (χ1) is 14.5. The average molecular weight is 429 g/mol. The van der Waals surface area contributed by atoms with E-state index in [0.29, 0.717) is 16.3 Å². The molecule has 0 aromatic carbocycles. The Balaban J connectivity index is 1.46. The summed E-state index contributed by atoms with van der Waals surface area (Å²) in [7, 11) is 0. The number of nitrogens with zero attached hydrogens (tertiary/aromatic N) is 5. The predicted octanol–water partition coefficient (Wildman–Crippen LogP) is 4.86. The van der Waals surface area contributed by atoms with E-state index in [1.165, 1.54) is 16.9 Å². The van der Waals surface area contributed by atoms with Crippen LogP contribution in [0.4, 0.5) is 13.2 Å². The molecule has 5 nitrogen and oxygen atoms in total. The van der Waals surface area contributed by atoms with Crippen molar-refractivity contribution in [1.82, 2.24) is 24.5 Å². The Morgan fingerprint density at radius 3 is 2.70 bits per heavy atom. The van der Waals surface area contributed by atoms with Crippen LogP contribution in [0.5, 0.6) is 0 Å². The van der Waals surface area contributed by atoms with Gasteiger partial charge in [-0.2, -0.15) is 18.3 Å². The molecule has 1 aliphatic heterocycles. The van der Waals surface area contributed by atoms with E-state index < -0.39 is 11.9 Å². The third-order valence-electron chi connectivity index (χ3n) is 5.36. The second-order valence-corrected chi connectivity index (χ2v) is 8.36. The summed E-state index contributed by atoms with van der Waals surface area (Å²) in [5, 5.41) is 6.15. The van der Waals surface area contributed by atoms with Gasteiger partial charge in [-0.25, -0.2) is 9.50 Å². The molecular weight excluding hydrogens is 411 g/mol. The van der Waals surface area contributed by atoms with Gasteiger partial charge in [-0.3, -0.25) is 9.88 Å². The molecule has 0 spiro atoms. The van der Waals surface area contributed by atoms with Crippen LogP contribution in [-0.2, 0) is 12.7 Å². The van der Waals surface area contributed by atoms with Crippen LogP contribution in [0.25, 0.3) is 16.2 Å². The zero-order valence-corrected chi connectivity index (χ0v) is 16.7. The maximum absolute atomic E-state index is 13.7. The van der Waals surface area contributed by atoms with E-state index in [0.717, 1.165) is 36.6 Å². The number of pyridine rings is 1. The largest absolute Gasteiger partial charge is 0.433 e. The minimum Gasteiger partial charge on any atom is -0.298 e. The van der Waals surface area contributed by atoms with Gasteiger partial charge in [-0.1, -0.05) is 6.07 Å². The summed E-state index contributed by atoms with van der Waals surface area (Å²) in [6, 6.07) is 10.3. The fourth-order valence-electron chi connectivity index (χ4n) is 3.91. The number of hydrogen-bond donors (Lipinski definition) is 0. The third kappa shape index (κ3) is 3.70. The average Bonchev–Trinajstić information content (AvgIpc) is 3.47. The molecule has 1 atom stereocenters. The van der Waals surface area contributed by atoms with Crippen LogP contribution in [-0.4, -0.2) is 37.6 Å². The first-order valence-corrected chi connectivity index (χ1v) is 10.5. The number of alkyl halides is 3. The summed E-state index contributed by atoms with van der Waals surface area (Å²) in [5.41, 5.74) is 1.59. The van der Waals surface area contributed by atoms with Gasteiger partial charge in [0.05, 0.1) is 16.3 Å². The van der Waals surface area contributed by atoms with Gasteiger partial charge in [0.15, 0.2) is 11.3 Å². The molecule has 4 aromatic rings. The highest BCUT2D eigenvalue weighted by Crippen LogP contribution is 2.35. The minimum absolute atomic E-state index is 0.0832. The molecule has 5 rings (SSSR count). The minimum atomic E-state index is -4.51. The van der Waals surface area contributed by atoms with Crippen molar-refractivity contribution < 1.29 is 13.2 Å². The molecule has 1 aliphatic rings. The van der Waals surface area contributed by atoms with E-state index in [9.17, 15) is 13.2 Å². The van der Waals surface area contributed by atoms with Crippen molar-refractivity contribution in [3.8, 4) is 10.6 Å². The Bertz CT molecular complexity index is 1150. The van der Waals surface area contributed by atoms with E-state index in [1.54, 1.807) is 30.6 Å². The van der Waals surface area contributed by atoms with E-state index in [1.807, 2.05) is 17.5 Å². The molecule has 1 saturated heterocycles. The van der Waals surface area contributed by atoms with Gasteiger partial charge in [-0.15, -0.1) is 11.3 Å². The van der Waals surface area contributed by atoms with Crippen molar-refractivity contribution in [2.24, 2.45) is 0 Å². The highest BCUT2D eigenvalue weighted by Gasteiger charge is 2.36. The highest BCUT2D eigenvalue weighted by molar-refractivity contribution is 7.13. The summed E-state index contributed by atoms with van der Waals surface area (Å²) in [6.07, 6.45) is -0.130. The van der Waals surface area contributed by atoms with Crippen LogP contribution in [0, 0.1) is 0 Å². The summed E-state index contributed by atoms with van der Waals surface area (Å²) in [4.78, 5) is 11.5. The first kappa shape index (κ1) is 19.2. The van der Waals surface area contributed by atoms with Crippen LogP contribution in [0.15, 0.2) is 54.2 Å². The summed E-state index contributed by atoms with van der Waals surface area (Å²) in [5.74, 6) is 0.0832. The number of hydrogen-bond acceptors (Lipinski definition) is 5. The van der Waals surface area contributed by atoms with Gasteiger partial charge < -0.3 is 0 Å². The number of rotatable bonds is 4. The molecule has 0 bridgehead atoms. The zero-order chi connectivity index (χ0) is 20.7. The van der Waals surface area contributed by atoms with E-state index in [-0.39, 0.29) is 11.6 Å². The maximum atomic E-state index is 13.7. The van der Waals surface area contributed by atoms with Crippen LogP contribution in [0.1, 0.15) is 29.3 Å². The van der Waals surface area contributed by atoms with E-state index >= 15 is 0 Å². The molecule has 5 heterocycles. The molecule has 0 aliphatic carbocycles. The first-order valence-electron chi connectivity index (χ1n) is 9.60. The van der Waals surface area contributed by atoms with Crippen LogP contribution < -0.4 is 0 Å². The highest BCUT2D eigenvalue weighted by atomic mass is 32.1. The lowest BCUT2D eigenvalue weighted by Crippen LogP contribution is -2.19.